The highest BCUT2D eigenvalue weighted by molar-refractivity contribution is 6.17. The van der Waals surface area contributed by atoms with E-state index < -0.39 is 0 Å². The number of hydrogen-bond acceptors (Lipinski definition) is 2. The lowest BCUT2D eigenvalue weighted by atomic mass is 9.85. The predicted molar refractivity (Wildman–Crippen MR) is 69.5 cm³/mol. The minimum atomic E-state index is -0.178. The maximum atomic E-state index is 11.9. The number of aryl methyl sites for hydroxylation is 1. The summed E-state index contributed by atoms with van der Waals surface area (Å²) in [4.78, 5) is 11.9. The predicted octanol–water partition coefficient (Wildman–Crippen LogP) is 3.36. The van der Waals surface area contributed by atoms with Gasteiger partial charge in [0, 0.05) is 11.9 Å². The third kappa shape index (κ3) is 4.08. The lowest BCUT2D eigenvalue weighted by Crippen LogP contribution is -2.43. The van der Waals surface area contributed by atoms with Crippen molar-refractivity contribution in [1.82, 2.24) is 5.32 Å². The average molecular weight is 258 g/mol. The molecule has 1 unspecified atom stereocenters. The largest absolute Gasteiger partial charge is 0.456 e. The number of halogens is 1. The molecule has 3 nitrogen and oxygen atoms in total. The van der Waals surface area contributed by atoms with Gasteiger partial charge in [-0.1, -0.05) is 20.8 Å². The van der Waals surface area contributed by atoms with E-state index in [4.69, 9.17) is 16.0 Å². The summed E-state index contributed by atoms with van der Waals surface area (Å²) in [6.07, 6.45) is 0.747. The van der Waals surface area contributed by atoms with Crippen molar-refractivity contribution in [2.24, 2.45) is 5.41 Å². The maximum absolute atomic E-state index is 11.9. The van der Waals surface area contributed by atoms with E-state index in [1.165, 1.54) is 0 Å². The van der Waals surface area contributed by atoms with Gasteiger partial charge in [0.1, 0.15) is 5.76 Å². The average Bonchev–Trinajstić information content (AvgIpc) is 2.62. The van der Waals surface area contributed by atoms with Gasteiger partial charge in [-0.05, 0) is 30.9 Å². The van der Waals surface area contributed by atoms with Gasteiger partial charge in [-0.15, -0.1) is 11.6 Å². The Balaban J connectivity index is 2.71. The summed E-state index contributed by atoms with van der Waals surface area (Å²) < 4.78 is 5.29. The van der Waals surface area contributed by atoms with Crippen molar-refractivity contribution in [3.8, 4) is 0 Å². The Morgan fingerprint density at radius 2 is 2.12 bits per heavy atom. The van der Waals surface area contributed by atoms with Gasteiger partial charge in [0.2, 0.25) is 0 Å². The first-order valence-corrected chi connectivity index (χ1v) is 6.31. The minimum absolute atomic E-state index is 0.0216. The van der Waals surface area contributed by atoms with Gasteiger partial charge in [-0.2, -0.15) is 0 Å². The topological polar surface area (TPSA) is 42.2 Å². The molecule has 0 aliphatic rings. The Morgan fingerprint density at radius 1 is 1.47 bits per heavy atom. The van der Waals surface area contributed by atoms with Crippen LogP contribution in [0.2, 0.25) is 0 Å². The summed E-state index contributed by atoms with van der Waals surface area (Å²) in [6.45, 7) is 8.06. The lowest BCUT2D eigenvalue weighted by molar-refractivity contribution is 0.0871. The van der Waals surface area contributed by atoms with Crippen molar-refractivity contribution in [3.05, 3.63) is 23.7 Å². The number of rotatable bonds is 4. The maximum Gasteiger partial charge on any atom is 0.287 e. The summed E-state index contributed by atoms with van der Waals surface area (Å²) in [5.41, 5.74) is -0.0216. The van der Waals surface area contributed by atoms with E-state index in [9.17, 15) is 4.79 Å². The molecule has 17 heavy (non-hydrogen) atoms. The van der Waals surface area contributed by atoms with Crippen LogP contribution in [0.15, 0.2) is 16.5 Å². The van der Waals surface area contributed by atoms with Crippen LogP contribution in [0.4, 0.5) is 0 Å². The number of alkyl halides is 1. The van der Waals surface area contributed by atoms with Gasteiger partial charge in [-0.3, -0.25) is 4.79 Å². The molecule has 0 fully saturated rings. The molecule has 0 saturated carbocycles. The molecule has 1 amide bonds. The van der Waals surface area contributed by atoms with Crippen LogP contribution in [-0.2, 0) is 0 Å². The Kier molecular flexibility index (Phi) is 4.63. The fourth-order valence-electron chi connectivity index (χ4n) is 1.62. The number of amides is 1. The highest BCUT2D eigenvalue weighted by Crippen LogP contribution is 2.22. The van der Waals surface area contributed by atoms with Crippen molar-refractivity contribution in [3.63, 3.8) is 0 Å². The molecule has 0 aliphatic heterocycles. The van der Waals surface area contributed by atoms with Crippen molar-refractivity contribution >= 4 is 17.5 Å². The molecule has 0 spiro atoms. The second kappa shape index (κ2) is 5.58. The molecule has 96 valence electrons. The SMILES string of the molecule is Cc1ccc(C(=O)NC(CCCl)C(C)(C)C)o1. The standard InChI is InChI=1S/C13H20ClNO2/c1-9-5-6-10(17-9)12(16)15-11(7-8-14)13(2,3)4/h5-6,11H,7-8H2,1-4H3,(H,15,16). The highest BCUT2D eigenvalue weighted by Gasteiger charge is 2.26. The van der Waals surface area contributed by atoms with Crippen LogP contribution in [0.25, 0.3) is 0 Å². The van der Waals surface area contributed by atoms with Crippen molar-refractivity contribution in [2.75, 3.05) is 5.88 Å². The van der Waals surface area contributed by atoms with E-state index in [1.807, 2.05) is 6.92 Å². The molecule has 0 aromatic carbocycles. The fourth-order valence-corrected chi connectivity index (χ4v) is 1.83. The number of nitrogens with one attached hydrogen (secondary N) is 1. The first kappa shape index (κ1) is 14.1. The smallest absolute Gasteiger partial charge is 0.287 e. The summed E-state index contributed by atoms with van der Waals surface area (Å²) in [6, 6.07) is 3.51. The molecule has 0 bridgehead atoms. The van der Waals surface area contributed by atoms with Crippen LogP contribution < -0.4 is 5.32 Å². The van der Waals surface area contributed by atoms with E-state index in [-0.39, 0.29) is 17.4 Å². The number of furan rings is 1. The van der Waals surface area contributed by atoms with E-state index in [0.717, 1.165) is 12.2 Å². The molecule has 0 radical (unpaired) electrons. The zero-order valence-corrected chi connectivity index (χ0v) is 11.6. The number of carbonyl (C=O) groups is 1. The molecule has 1 aromatic rings. The Bertz CT molecular complexity index is 379. The van der Waals surface area contributed by atoms with Crippen LogP contribution in [0.5, 0.6) is 0 Å². The highest BCUT2D eigenvalue weighted by atomic mass is 35.5. The molecule has 1 aromatic heterocycles. The van der Waals surface area contributed by atoms with Gasteiger partial charge in [0.25, 0.3) is 5.91 Å². The molecule has 0 aliphatic carbocycles. The molecule has 1 atom stereocenters. The summed E-state index contributed by atoms with van der Waals surface area (Å²) in [5.74, 6) is 1.44. The first-order valence-electron chi connectivity index (χ1n) is 5.78. The van der Waals surface area contributed by atoms with Crippen LogP contribution >= 0.6 is 11.6 Å². The number of carbonyl (C=O) groups excluding carboxylic acids is 1. The molecule has 1 rings (SSSR count). The second-order valence-electron chi connectivity index (χ2n) is 5.28. The molecule has 1 N–H and O–H groups in total. The normalized spacial score (nSPS) is 13.5. The van der Waals surface area contributed by atoms with Gasteiger partial charge >= 0.3 is 0 Å². The number of hydrogen-bond donors (Lipinski definition) is 1. The van der Waals surface area contributed by atoms with Gasteiger partial charge in [-0.25, -0.2) is 0 Å². The van der Waals surface area contributed by atoms with Gasteiger partial charge < -0.3 is 9.73 Å². The monoisotopic (exact) mass is 257 g/mol. The zero-order chi connectivity index (χ0) is 13.1. The van der Waals surface area contributed by atoms with Crippen LogP contribution in [0.3, 0.4) is 0 Å². The molecule has 4 heteroatoms. The van der Waals surface area contributed by atoms with Crippen molar-refractivity contribution in [2.45, 2.75) is 40.2 Å². The minimum Gasteiger partial charge on any atom is -0.456 e. The van der Waals surface area contributed by atoms with E-state index in [0.29, 0.717) is 11.6 Å². The summed E-state index contributed by atoms with van der Waals surface area (Å²) in [7, 11) is 0. The molecular weight excluding hydrogens is 238 g/mol. The quantitative estimate of drug-likeness (QED) is 0.841. The van der Waals surface area contributed by atoms with Gasteiger partial charge in [0.05, 0.1) is 0 Å². The summed E-state index contributed by atoms with van der Waals surface area (Å²) >= 11 is 5.76. The van der Waals surface area contributed by atoms with Gasteiger partial charge in [0.15, 0.2) is 5.76 Å². The Morgan fingerprint density at radius 3 is 2.53 bits per heavy atom. The second-order valence-corrected chi connectivity index (χ2v) is 5.66. The summed E-state index contributed by atoms with van der Waals surface area (Å²) in [5, 5.41) is 2.97. The van der Waals surface area contributed by atoms with Crippen LogP contribution in [0.1, 0.15) is 43.5 Å². The van der Waals surface area contributed by atoms with Crippen molar-refractivity contribution in [1.29, 1.82) is 0 Å². The third-order valence-corrected chi connectivity index (χ3v) is 2.93. The zero-order valence-electron chi connectivity index (χ0n) is 10.8. The van der Waals surface area contributed by atoms with E-state index in [1.54, 1.807) is 12.1 Å². The van der Waals surface area contributed by atoms with Crippen LogP contribution in [-0.4, -0.2) is 17.8 Å². The molecular formula is C13H20ClNO2. The lowest BCUT2D eigenvalue weighted by Gasteiger charge is -2.30. The Hall–Kier alpha value is -0.960. The third-order valence-electron chi connectivity index (χ3n) is 2.71. The fraction of sp³-hybridized carbons (Fsp3) is 0.615. The van der Waals surface area contributed by atoms with E-state index in [2.05, 4.69) is 26.1 Å². The molecule has 0 saturated heterocycles. The first-order chi connectivity index (χ1) is 7.84. The van der Waals surface area contributed by atoms with Crippen LogP contribution in [0, 0.1) is 12.3 Å². The molecule has 1 heterocycles. The Labute approximate surface area is 108 Å². The van der Waals surface area contributed by atoms with Crippen molar-refractivity contribution < 1.29 is 9.21 Å². The van der Waals surface area contributed by atoms with E-state index >= 15 is 0 Å².